The van der Waals surface area contributed by atoms with E-state index < -0.39 is 24.0 Å². The number of fused-ring (bicyclic) bond motifs is 1. The van der Waals surface area contributed by atoms with Crippen molar-refractivity contribution in [3.8, 4) is 0 Å². The maximum absolute atomic E-state index is 13.5. The highest BCUT2D eigenvalue weighted by Crippen LogP contribution is 2.36. The van der Waals surface area contributed by atoms with Crippen molar-refractivity contribution in [3.05, 3.63) is 59.2 Å². The van der Waals surface area contributed by atoms with Crippen molar-refractivity contribution < 1.29 is 22.7 Å². The van der Waals surface area contributed by atoms with Gasteiger partial charge in [-0.1, -0.05) is 25.1 Å². The monoisotopic (exact) mass is 448 g/mol. The maximum Gasteiger partial charge on any atom is 0.417 e. The van der Waals surface area contributed by atoms with E-state index in [2.05, 4.69) is 26.0 Å². The van der Waals surface area contributed by atoms with Gasteiger partial charge in [0.2, 0.25) is 6.35 Å². The predicted octanol–water partition coefficient (Wildman–Crippen LogP) is 2.47. The summed E-state index contributed by atoms with van der Waals surface area (Å²) in [4.78, 5) is 17.0. The van der Waals surface area contributed by atoms with Crippen molar-refractivity contribution in [3.63, 3.8) is 0 Å². The second-order valence-corrected chi connectivity index (χ2v) is 7.54. The molecule has 0 spiro atoms. The van der Waals surface area contributed by atoms with Crippen molar-refractivity contribution >= 4 is 17.8 Å². The molecule has 0 saturated heterocycles. The summed E-state index contributed by atoms with van der Waals surface area (Å²) in [6.45, 7) is 4.17. The number of hydrazone groups is 1. The Balaban J connectivity index is 1.57. The van der Waals surface area contributed by atoms with E-state index in [1.807, 2.05) is 13.8 Å². The molecule has 0 aliphatic carbocycles. The van der Waals surface area contributed by atoms with E-state index in [0.717, 1.165) is 6.07 Å². The summed E-state index contributed by atoms with van der Waals surface area (Å²) < 4.78 is 46.0. The number of ether oxygens (including phenoxy) is 1. The number of aliphatic imine (C=N–C) groups is 1. The molecule has 4 rings (SSSR count). The van der Waals surface area contributed by atoms with E-state index in [1.165, 1.54) is 29.6 Å². The number of hydrogen-bond acceptors (Lipinski definition) is 7. The SMILES string of the molecule is CCOC1N=CC=C(NC(=O)C2=CNC3C(C)CC(c4ccccc4C(F)(F)F)=NN23)N1. The fourth-order valence-electron chi connectivity index (χ4n) is 3.80. The zero-order valence-corrected chi connectivity index (χ0v) is 17.5. The van der Waals surface area contributed by atoms with Crippen LogP contribution in [0.1, 0.15) is 31.4 Å². The lowest BCUT2D eigenvalue weighted by molar-refractivity contribution is -0.137. The van der Waals surface area contributed by atoms with Gasteiger partial charge in [-0.15, -0.1) is 0 Å². The average molecular weight is 448 g/mol. The highest BCUT2D eigenvalue weighted by molar-refractivity contribution is 6.03. The van der Waals surface area contributed by atoms with Gasteiger partial charge in [-0.05, 0) is 25.5 Å². The van der Waals surface area contributed by atoms with Crippen LogP contribution in [0.25, 0.3) is 0 Å². The number of benzene rings is 1. The van der Waals surface area contributed by atoms with E-state index >= 15 is 0 Å². The molecule has 1 aromatic carbocycles. The van der Waals surface area contributed by atoms with Crippen LogP contribution in [0, 0.1) is 5.92 Å². The highest BCUT2D eigenvalue weighted by Gasteiger charge is 2.40. The Hall–Kier alpha value is -3.34. The maximum atomic E-state index is 13.5. The van der Waals surface area contributed by atoms with Gasteiger partial charge in [0.05, 0.1) is 11.3 Å². The molecule has 1 amide bonds. The zero-order chi connectivity index (χ0) is 22.9. The number of rotatable bonds is 5. The molecule has 3 aliphatic rings. The summed E-state index contributed by atoms with van der Waals surface area (Å²) in [6.07, 6.45) is -0.480. The lowest BCUT2D eigenvalue weighted by atomic mass is 9.92. The molecule has 0 bridgehead atoms. The van der Waals surface area contributed by atoms with Gasteiger partial charge < -0.3 is 20.7 Å². The number of hydrogen-bond donors (Lipinski definition) is 3. The van der Waals surface area contributed by atoms with E-state index in [0.29, 0.717) is 18.8 Å². The van der Waals surface area contributed by atoms with Crippen molar-refractivity contribution in [2.45, 2.75) is 39.0 Å². The number of nitrogens with one attached hydrogen (secondary N) is 3. The van der Waals surface area contributed by atoms with Crippen molar-refractivity contribution in [1.82, 2.24) is 21.0 Å². The number of alkyl halides is 3. The molecular weight excluding hydrogens is 425 g/mol. The Morgan fingerprint density at radius 2 is 2.12 bits per heavy atom. The number of amides is 1. The van der Waals surface area contributed by atoms with Crippen LogP contribution in [-0.2, 0) is 15.7 Å². The largest absolute Gasteiger partial charge is 0.417 e. The first-order chi connectivity index (χ1) is 15.3. The third-order valence-corrected chi connectivity index (χ3v) is 5.27. The van der Waals surface area contributed by atoms with Crippen LogP contribution in [0.2, 0.25) is 0 Å². The summed E-state index contributed by atoms with van der Waals surface area (Å²) in [5.74, 6) is -0.165. The molecule has 1 aromatic rings. The summed E-state index contributed by atoms with van der Waals surface area (Å²) in [7, 11) is 0. The van der Waals surface area contributed by atoms with Crippen LogP contribution in [0.15, 0.2) is 58.2 Å². The van der Waals surface area contributed by atoms with Crippen LogP contribution in [0.5, 0.6) is 0 Å². The molecule has 170 valence electrons. The van der Waals surface area contributed by atoms with Gasteiger partial charge in [-0.25, -0.2) is 10.0 Å². The minimum absolute atomic E-state index is 0.0179. The lowest BCUT2D eigenvalue weighted by Crippen LogP contribution is -2.47. The van der Waals surface area contributed by atoms with Gasteiger partial charge in [0, 0.05) is 30.5 Å². The van der Waals surface area contributed by atoms with E-state index in [-0.39, 0.29) is 29.1 Å². The van der Waals surface area contributed by atoms with Crippen LogP contribution in [0.4, 0.5) is 13.2 Å². The van der Waals surface area contributed by atoms with E-state index in [1.54, 1.807) is 12.1 Å². The second-order valence-electron chi connectivity index (χ2n) is 7.54. The molecule has 3 atom stereocenters. The number of carbonyl (C=O) groups is 1. The molecule has 3 heterocycles. The molecule has 0 fully saturated rings. The Morgan fingerprint density at radius 3 is 2.88 bits per heavy atom. The van der Waals surface area contributed by atoms with Crippen LogP contribution in [0.3, 0.4) is 0 Å². The van der Waals surface area contributed by atoms with Gasteiger partial charge in [-0.2, -0.15) is 18.3 Å². The molecule has 11 heteroatoms. The Morgan fingerprint density at radius 1 is 1.34 bits per heavy atom. The fraction of sp³-hybridized carbons (Fsp3) is 0.381. The van der Waals surface area contributed by atoms with E-state index in [4.69, 9.17) is 4.74 Å². The highest BCUT2D eigenvalue weighted by atomic mass is 19.4. The van der Waals surface area contributed by atoms with Gasteiger partial charge in [0.25, 0.3) is 5.91 Å². The normalized spacial score (nSPS) is 24.6. The molecule has 3 unspecified atom stereocenters. The Kier molecular flexibility index (Phi) is 5.92. The van der Waals surface area contributed by atoms with Crippen molar-refractivity contribution in [2.75, 3.05) is 6.61 Å². The number of nitrogens with zero attached hydrogens (tertiary/aromatic N) is 3. The average Bonchev–Trinajstić information content (AvgIpc) is 3.18. The van der Waals surface area contributed by atoms with Gasteiger partial charge in [-0.3, -0.25) is 4.79 Å². The van der Waals surface area contributed by atoms with Crippen LogP contribution >= 0.6 is 0 Å². The zero-order valence-electron chi connectivity index (χ0n) is 17.5. The molecular formula is C21H23F3N6O2. The van der Waals surface area contributed by atoms with Crippen LogP contribution in [-0.4, -0.2) is 42.0 Å². The first-order valence-corrected chi connectivity index (χ1v) is 10.2. The Labute approximate surface area is 182 Å². The number of carbonyl (C=O) groups excluding carboxylic acids is 1. The second kappa shape index (κ2) is 8.65. The summed E-state index contributed by atoms with van der Waals surface area (Å²) in [5.41, 5.74) is -0.252. The first-order valence-electron chi connectivity index (χ1n) is 10.2. The van der Waals surface area contributed by atoms with Crippen molar-refractivity contribution in [1.29, 1.82) is 0 Å². The van der Waals surface area contributed by atoms with Crippen LogP contribution < -0.4 is 16.0 Å². The quantitative estimate of drug-likeness (QED) is 0.644. The summed E-state index contributed by atoms with van der Waals surface area (Å²) in [6, 6.07) is 5.35. The van der Waals surface area contributed by atoms with Gasteiger partial charge in [0.1, 0.15) is 17.7 Å². The predicted molar refractivity (Wildman–Crippen MR) is 112 cm³/mol. The Bertz CT molecular complexity index is 1020. The van der Waals surface area contributed by atoms with Crippen molar-refractivity contribution in [2.24, 2.45) is 16.0 Å². The minimum Gasteiger partial charge on any atom is -0.368 e. The third kappa shape index (κ3) is 4.33. The molecule has 3 N–H and O–H groups in total. The topological polar surface area (TPSA) is 90.3 Å². The third-order valence-electron chi connectivity index (χ3n) is 5.27. The fourth-order valence-corrected chi connectivity index (χ4v) is 3.80. The molecule has 32 heavy (non-hydrogen) atoms. The molecule has 0 saturated carbocycles. The summed E-state index contributed by atoms with van der Waals surface area (Å²) in [5, 5.41) is 14.7. The molecule has 8 nitrogen and oxygen atoms in total. The van der Waals surface area contributed by atoms with E-state index in [9.17, 15) is 18.0 Å². The van der Waals surface area contributed by atoms with Gasteiger partial charge >= 0.3 is 6.18 Å². The van der Waals surface area contributed by atoms with Gasteiger partial charge in [0.15, 0.2) is 0 Å². The smallest absolute Gasteiger partial charge is 0.368 e. The molecule has 3 aliphatic heterocycles. The summed E-state index contributed by atoms with van der Waals surface area (Å²) >= 11 is 0. The number of allylic oxidation sites excluding steroid dienone is 1. The molecule has 0 radical (unpaired) electrons. The lowest BCUT2D eigenvalue weighted by Gasteiger charge is -2.34. The standard InChI is InChI=1S/C21H23F3N6O2/c1-3-32-20-25-9-8-17(28-20)27-19(31)16-11-26-18-12(2)10-15(29-30(16)18)13-6-4-5-7-14(13)21(22,23)24/h4-9,11-12,18,20,26,28H,3,10H2,1-2H3,(H,27,31). The first kappa shape index (κ1) is 21.9. The minimum atomic E-state index is -4.50. The number of halogens is 3. The molecule has 0 aromatic heterocycles.